The van der Waals surface area contributed by atoms with Crippen molar-refractivity contribution in [2.24, 2.45) is 0 Å². The van der Waals surface area contributed by atoms with E-state index in [1.807, 2.05) is 28.9 Å². The highest BCUT2D eigenvalue weighted by Crippen LogP contribution is 2.28. The highest BCUT2D eigenvalue weighted by molar-refractivity contribution is 5.93. The predicted octanol–water partition coefficient (Wildman–Crippen LogP) is 2.15. The molecule has 2 aromatic rings. The van der Waals surface area contributed by atoms with Gasteiger partial charge in [-0.1, -0.05) is 5.16 Å². The zero-order chi connectivity index (χ0) is 15.1. The van der Waals surface area contributed by atoms with E-state index in [-0.39, 0.29) is 11.9 Å². The highest BCUT2D eigenvalue weighted by Gasteiger charge is 2.33. The number of rotatable bonds is 2. The van der Waals surface area contributed by atoms with Crippen LogP contribution >= 0.6 is 0 Å². The number of nitrogens with zero attached hydrogens (tertiary/aromatic N) is 4. The molecule has 4 rings (SSSR count). The lowest BCUT2D eigenvalue weighted by atomic mass is 9.96. The molecule has 2 aliphatic rings. The summed E-state index contributed by atoms with van der Waals surface area (Å²) in [6.07, 6.45) is 8.92. The van der Waals surface area contributed by atoms with Crippen molar-refractivity contribution in [3.63, 3.8) is 0 Å². The summed E-state index contributed by atoms with van der Waals surface area (Å²) in [5, 5.41) is 8.46. The molecule has 0 saturated carbocycles. The van der Waals surface area contributed by atoms with Crippen molar-refractivity contribution in [2.75, 3.05) is 13.1 Å². The smallest absolute Gasteiger partial charge is 0.292 e. The normalized spacial score (nSPS) is 21.1. The number of likely N-dealkylation sites (tertiary alicyclic amines) is 1. The number of aryl methyl sites for hydroxylation is 2. The minimum atomic E-state index is -0.0120. The van der Waals surface area contributed by atoms with Gasteiger partial charge in [0.25, 0.3) is 5.91 Å². The summed E-state index contributed by atoms with van der Waals surface area (Å²) in [6, 6.07) is 0.261. The molecule has 22 heavy (non-hydrogen) atoms. The van der Waals surface area contributed by atoms with Gasteiger partial charge in [0.1, 0.15) is 0 Å². The van der Waals surface area contributed by atoms with Crippen LogP contribution in [0.3, 0.4) is 0 Å². The Labute approximate surface area is 129 Å². The van der Waals surface area contributed by atoms with Crippen LogP contribution < -0.4 is 0 Å². The quantitative estimate of drug-likeness (QED) is 0.852. The summed E-state index contributed by atoms with van der Waals surface area (Å²) < 4.78 is 7.34. The molecule has 6 nitrogen and oxygen atoms in total. The maximum atomic E-state index is 12.7. The van der Waals surface area contributed by atoms with Crippen LogP contribution in [-0.4, -0.2) is 38.8 Å². The third-order valence-corrected chi connectivity index (χ3v) is 4.71. The van der Waals surface area contributed by atoms with Crippen LogP contribution in [0.4, 0.5) is 0 Å². The van der Waals surface area contributed by atoms with E-state index in [9.17, 15) is 4.79 Å². The zero-order valence-electron chi connectivity index (χ0n) is 12.8. The van der Waals surface area contributed by atoms with Gasteiger partial charge in [-0.3, -0.25) is 9.48 Å². The fourth-order valence-electron chi connectivity index (χ4n) is 3.48. The Kier molecular flexibility index (Phi) is 3.24. The van der Waals surface area contributed by atoms with Gasteiger partial charge in [0.05, 0.1) is 17.9 Å². The van der Waals surface area contributed by atoms with Crippen molar-refractivity contribution in [2.45, 2.75) is 45.1 Å². The third kappa shape index (κ3) is 2.23. The van der Waals surface area contributed by atoms with Crippen molar-refractivity contribution in [1.82, 2.24) is 19.8 Å². The summed E-state index contributed by atoms with van der Waals surface area (Å²) in [7, 11) is 0. The van der Waals surface area contributed by atoms with Crippen LogP contribution in [0, 0.1) is 6.92 Å². The van der Waals surface area contributed by atoms with E-state index >= 15 is 0 Å². The molecule has 0 spiro atoms. The number of hydrogen-bond donors (Lipinski definition) is 0. The lowest BCUT2D eigenvalue weighted by Crippen LogP contribution is -2.29. The van der Waals surface area contributed by atoms with Gasteiger partial charge in [0.15, 0.2) is 0 Å². The average Bonchev–Trinajstić information content (AvgIpc) is 3.25. The van der Waals surface area contributed by atoms with Gasteiger partial charge >= 0.3 is 0 Å². The Morgan fingerprint density at radius 3 is 3.05 bits per heavy atom. The highest BCUT2D eigenvalue weighted by atomic mass is 16.5. The third-order valence-electron chi connectivity index (χ3n) is 4.71. The van der Waals surface area contributed by atoms with E-state index in [2.05, 4.69) is 10.3 Å². The molecular formula is C16H20N4O2. The molecule has 1 aliphatic heterocycles. The van der Waals surface area contributed by atoms with Gasteiger partial charge in [-0.25, -0.2) is 0 Å². The lowest BCUT2D eigenvalue weighted by Gasteiger charge is -2.16. The summed E-state index contributed by atoms with van der Waals surface area (Å²) in [4.78, 5) is 14.6. The first-order valence-corrected chi connectivity index (χ1v) is 8.00. The molecule has 3 heterocycles. The number of aromatic nitrogens is 3. The van der Waals surface area contributed by atoms with Crippen LogP contribution in [0.5, 0.6) is 0 Å². The molecule has 116 valence electrons. The molecule has 0 radical (unpaired) electrons. The van der Waals surface area contributed by atoms with E-state index in [1.165, 1.54) is 0 Å². The van der Waals surface area contributed by atoms with Crippen LogP contribution in [0.2, 0.25) is 0 Å². The zero-order valence-corrected chi connectivity index (χ0v) is 12.8. The molecule has 1 aliphatic carbocycles. The van der Waals surface area contributed by atoms with Crippen molar-refractivity contribution >= 4 is 5.91 Å². The van der Waals surface area contributed by atoms with Gasteiger partial charge in [0.2, 0.25) is 5.76 Å². The standard InChI is InChI=1S/C16H20N4O2/c1-11-8-17-20(9-11)12-6-7-19(10-12)16(21)15-13-4-2-3-5-14(13)18-22-15/h8-9,12H,2-7,10H2,1H3. The lowest BCUT2D eigenvalue weighted by molar-refractivity contribution is 0.0744. The van der Waals surface area contributed by atoms with Crippen molar-refractivity contribution < 1.29 is 9.32 Å². The van der Waals surface area contributed by atoms with E-state index in [0.717, 1.165) is 55.5 Å². The van der Waals surface area contributed by atoms with Gasteiger partial charge < -0.3 is 9.42 Å². The first-order chi connectivity index (χ1) is 10.7. The Bertz CT molecular complexity index is 703. The number of hydrogen-bond acceptors (Lipinski definition) is 4. The second-order valence-corrected chi connectivity index (χ2v) is 6.34. The molecule has 0 aromatic carbocycles. The Balaban J connectivity index is 1.51. The maximum absolute atomic E-state index is 12.7. The molecular weight excluding hydrogens is 280 g/mol. The summed E-state index contributed by atoms with van der Waals surface area (Å²) >= 11 is 0. The molecule has 1 atom stereocenters. The molecule has 1 saturated heterocycles. The first kappa shape index (κ1) is 13.5. The SMILES string of the molecule is Cc1cnn(C2CCN(C(=O)c3onc4c3CCCC4)C2)c1. The van der Waals surface area contributed by atoms with Gasteiger partial charge in [-0.15, -0.1) is 0 Å². The number of amides is 1. The van der Waals surface area contributed by atoms with Gasteiger partial charge in [0, 0.05) is 24.8 Å². The van der Waals surface area contributed by atoms with Crippen LogP contribution in [-0.2, 0) is 12.8 Å². The Hall–Kier alpha value is -2.11. The molecule has 1 fully saturated rings. The minimum Gasteiger partial charge on any atom is -0.350 e. The number of carbonyl (C=O) groups excluding carboxylic acids is 1. The van der Waals surface area contributed by atoms with Gasteiger partial charge in [-0.2, -0.15) is 5.10 Å². The van der Waals surface area contributed by atoms with E-state index in [0.29, 0.717) is 12.3 Å². The van der Waals surface area contributed by atoms with Crippen LogP contribution in [0.1, 0.15) is 52.7 Å². The minimum absolute atomic E-state index is 0.0120. The first-order valence-electron chi connectivity index (χ1n) is 8.00. The molecule has 0 bridgehead atoms. The molecule has 1 unspecified atom stereocenters. The van der Waals surface area contributed by atoms with E-state index in [1.54, 1.807) is 0 Å². The second-order valence-electron chi connectivity index (χ2n) is 6.34. The van der Waals surface area contributed by atoms with Crippen LogP contribution in [0.25, 0.3) is 0 Å². The van der Waals surface area contributed by atoms with E-state index in [4.69, 9.17) is 4.52 Å². The van der Waals surface area contributed by atoms with Crippen molar-refractivity contribution in [1.29, 1.82) is 0 Å². The molecule has 1 amide bonds. The monoisotopic (exact) mass is 300 g/mol. The summed E-state index contributed by atoms with van der Waals surface area (Å²) in [6.45, 7) is 3.47. The summed E-state index contributed by atoms with van der Waals surface area (Å²) in [5.41, 5.74) is 3.16. The molecule has 6 heteroatoms. The predicted molar refractivity (Wildman–Crippen MR) is 79.7 cm³/mol. The van der Waals surface area contributed by atoms with Crippen LogP contribution in [0.15, 0.2) is 16.9 Å². The average molecular weight is 300 g/mol. The fraction of sp³-hybridized carbons (Fsp3) is 0.562. The number of carbonyl (C=O) groups is 1. The number of fused-ring (bicyclic) bond motifs is 1. The molecule has 2 aromatic heterocycles. The van der Waals surface area contributed by atoms with Crippen molar-refractivity contribution in [3.8, 4) is 0 Å². The maximum Gasteiger partial charge on any atom is 0.292 e. The van der Waals surface area contributed by atoms with Gasteiger partial charge in [-0.05, 0) is 44.6 Å². The topological polar surface area (TPSA) is 64.2 Å². The Morgan fingerprint density at radius 1 is 1.36 bits per heavy atom. The van der Waals surface area contributed by atoms with E-state index < -0.39 is 0 Å². The largest absolute Gasteiger partial charge is 0.350 e. The second kappa shape index (κ2) is 5.26. The molecule has 0 N–H and O–H groups in total. The van der Waals surface area contributed by atoms with Crippen molar-refractivity contribution in [3.05, 3.63) is 35.0 Å². The summed E-state index contributed by atoms with van der Waals surface area (Å²) in [5.74, 6) is 0.453. The Morgan fingerprint density at radius 2 is 2.23 bits per heavy atom. The fourth-order valence-corrected chi connectivity index (χ4v) is 3.48.